The van der Waals surface area contributed by atoms with E-state index in [0.717, 1.165) is 0 Å². The summed E-state index contributed by atoms with van der Waals surface area (Å²) >= 11 is 7.24. The van der Waals surface area contributed by atoms with Crippen LogP contribution in [0.4, 0.5) is 0 Å². The molecule has 0 radical (unpaired) electrons. The van der Waals surface area contributed by atoms with Gasteiger partial charge < -0.3 is 0 Å². The van der Waals surface area contributed by atoms with Gasteiger partial charge in [-0.05, 0) is 0 Å². The standard InChI is InChI=1S/C16H36N4P2Se2.C2H3N/c1-13(2,3)17-21(23)19(15(7,8)9)22(24,18-14(4,5)6)20(21)16(10,11)12;1-2-3/h1-12H3;1H3/q-2;/p+2. The van der Waals surface area contributed by atoms with Crippen LogP contribution in [0.2, 0.25) is 0 Å². The van der Waals surface area contributed by atoms with E-state index in [1.807, 2.05) is 0 Å². The molecule has 1 aliphatic heterocycles. The third-order valence-electron chi connectivity index (χ3n) is 3.19. The van der Waals surface area contributed by atoms with Crippen LogP contribution in [0.5, 0.6) is 0 Å². The Kier molecular flexibility index (Phi) is 8.86. The summed E-state index contributed by atoms with van der Waals surface area (Å²) in [6.07, 6.45) is 0. The van der Waals surface area contributed by atoms with E-state index in [1.54, 1.807) is 6.07 Å². The average molecular weight is 547 g/mol. The summed E-state index contributed by atoms with van der Waals surface area (Å²) in [7, 11) is 0. The van der Waals surface area contributed by atoms with E-state index in [-0.39, 0.29) is 22.2 Å². The molecule has 5 nitrogen and oxygen atoms in total. The Morgan fingerprint density at radius 2 is 0.852 bits per heavy atom. The van der Waals surface area contributed by atoms with Gasteiger partial charge in [0.05, 0.1) is 6.07 Å². The van der Waals surface area contributed by atoms with Crippen molar-refractivity contribution in [3.63, 3.8) is 0 Å². The van der Waals surface area contributed by atoms with E-state index in [2.05, 4.69) is 133 Å². The molecule has 0 aliphatic carbocycles. The third kappa shape index (κ3) is 6.98. The Bertz CT molecular complexity index is 636. The topological polar surface area (TPSA) is 53.9 Å². The molecule has 1 heterocycles. The van der Waals surface area contributed by atoms with E-state index in [9.17, 15) is 0 Å². The average Bonchev–Trinajstić information content (AvgIpc) is 2.16. The zero-order valence-corrected chi connectivity index (χ0v) is 24.8. The minimum absolute atomic E-state index is 0.0407. The van der Waals surface area contributed by atoms with Gasteiger partial charge in [-0.2, -0.15) is 5.26 Å². The van der Waals surface area contributed by atoms with Crippen molar-refractivity contribution < 1.29 is 8.20 Å². The zero-order valence-electron chi connectivity index (χ0n) is 19.6. The fourth-order valence-electron chi connectivity index (χ4n) is 3.15. The molecule has 27 heavy (non-hydrogen) atoms. The monoisotopic (exact) mass is 549 g/mol. The predicted molar refractivity (Wildman–Crippen MR) is 122 cm³/mol. The first-order valence-electron chi connectivity index (χ1n) is 9.28. The summed E-state index contributed by atoms with van der Waals surface area (Å²) in [5.41, 5.74) is 0.185. The molecule has 160 valence electrons. The van der Waals surface area contributed by atoms with Crippen LogP contribution < -0.4 is 10.2 Å². The van der Waals surface area contributed by atoms with Crippen LogP contribution in [-0.2, 0) is 0 Å². The van der Waals surface area contributed by atoms with Gasteiger partial charge >= 0.3 is 167 Å². The first-order chi connectivity index (χ1) is 11.6. The summed E-state index contributed by atoms with van der Waals surface area (Å²) in [5, 5.41) is 15.2. The first kappa shape index (κ1) is 27.9. The number of nitrogens with one attached hydrogen (secondary N) is 2. The number of hydrogen-bond acceptors (Lipinski definition) is 3. The van der Waals surface area contributed by atoms with Crippen LogP contribution in [0.15, 0.2) is 0 Å². The van der Waals surface area contributed by atoms with Crippen molar-refractivity contribution in [2.24, 2.45) is 0 Å². The van der Waals surface area contributed by atoms with Gasteiger partial charge in [-0.1, -0.05) is 0 Å². The predicted octanol–water partition coefficient (Wildman–Crippen LogP) is 5.16. The molecule has 0 aromatic carbocycles. The number of rotatable bonds is 2. The molecule has 0 saturated carbocycles. The Labute approximate surface area is 184 Å². The summed E-state index contributed by atoms with van der Waals surface area (Å²) in [6.45, 7) is 28.9. The zero-order chi connectivity index (χ0) is 22.3. The summed E-state index contributed by atoms with van der Waals surface area (Å²) in [4.78, 5) is 0. The van der Waals surface area contributed by atoms with Gasteiger partial charge in [0.1, 0.15) is 0 Å². The van der Waals surface area contributed by atoms with Gasteiger partial charge in [-0.3, -0.25) is 0 Å². The van der Waals surface area contributed by atoms with Crippen molar-refractivity contribution in [3.05, 3.63) is 0 Å². The Hall–Kier alpha value is 0.909. The molecule has 0 spiro atoms. The van der Waals surface area contributed by atoms with Crippen LogP contribution in [0, 0.1) is 11.3 Å². The van der Waals surface area contributed by atoms with E-state index in [0.29, 0.717) is 0 Å². The quantitative estimate of drug-likeness (QED) is 0.371. The molecule has 0 aromatic heterocycles. The molecule has 0 atom stereocenters. The van der Waals surface area contributed by atoms with Gasteiger partial charge in [0.2, 0.25) is 0 Å². The molecule has 0 saturated heterocycles. The second-order valence-electron chi connectivity index (χ2n) is 11.0. The van der Waals surface area contributed by atoms with Gasteiger partial charge in [0, 0.05) is 6.92 Å². The molecule has 0 fully saturated rings. The summed E-state index contributed by atoms with van der Waals surface area (Å²) in [5.74, 6) is 0. The minimum atomic E-state index is -1.79. The Balaban J connectivity index is 0.00000210. The molecular formula is C18H41N5P2Se2. The third-order valence-corrected chi connectivity index (χ3v) is 21.2. The van der Waals surface area contributed by atoms with Crippen LogP contribution in [0.1, 0.15) is 90.0 Å². The van der Waals surface area contributed by atoms with Gasteiger partial charge in [0.25, 0.3) is 0 Å². The van der Waals surface area contributed by atoms with Gasteiger partial charge in [-0.15, -0.1) is 0 Å². The maximum atomic E-state index is 7.32. The SMILES string of the molecule is CC#N.CC(C)(C)NP1([Se-])=[N+](C(C)(C)C)P([Se-])(NC(C)(C)C)=[N+]1C(C)(C)C. The van der Waals surface area contributed by atoms with Crippen molar-refractivity contribution in [2.45, 2.75) is 112 Å². The van der Waals surface area contributed by atoms with Crippen LogP contribution in [-0.4, -0.2) is 61.5 Å². The number of nitriles is 1. The molecule has 2 N–H and O–H groups in total. The van der Waals surface area contributed by atoms with E-state index < -0.39 is 12.1 Å². The van der Waals surface area contributed by atoms with Crippen LogP contribution >= 0.6 is 12.1 Å². The maximum absolute atomic E-state index is 7.32. The van der Waals surface area contributed by atoms with Crippen molar-refractivity contribution >= 4 is 43.2 Å². The Morgan fingerprint density at radius 1 is 0.667 bits per heavy atom. The molecule has 0 aromatic rings. The normalized spacial score (nSPS) is 26.7. The molecular weight excluding hydrogens is 506 g/mol. The molecule has 1 rings (SSSR count). The molecule has 9 heteroatoms. The second kappa shape index (κ2) is 8.57. The fraction of sp³-hybridized carbons (Fsp3) is 0.944. The fourth-order valence-corrected chi connectivity index (χ4v) is 34.3. The van der Waals surface area contributed by atoms with Crippen molar-refractivity contribution in [1.82, 2.24) is 10.2 Å². The number of hydrogen-bond donors (Lipinski definition) is 2. The van der Waals surface area contributed by atoms with E-state index in [4.69, 9.17) is 5.26 Å². The molecule has 0 unspecified atom stereocenters. The number of nitrogens with zero attached hydrogens (tertiary/aromatic N) is 3. The molecule has 0 amide bonds. The summed E-state index contributed by atoms with van der Waals surface area (Å²) in [6, 6.07) is -1.83. The van der Waals surface area contributed by atoms with E-state index in [1.165, 1.54) is 6.92 Å². The van der Waals surface area contributed by atoms with Crippen molar-refractivity contribution in [2.75, 3.05) is 0 Å². The van der Waals surface area contributed by atoms with Gasteiger partial charge in [0.15, 0.2) is 0 Å². The van der Waals surface area contributed by atoms with Gasteiger partial charge in [-0.25, -0.2) is 0 Å². The molecule has 0 bridgehead atoms. The van der Waals surface area contributed by atoms with E-state index >= 15 is 0 Å². The Morgan fingerprint density at radius 3 is 0.963 bits per heavy atom. The van der Waals surface area contributed by atoms with Crippen LogP contribution in [0.3, 0.4) is 0 Å². The van der Waals surface area contributed by atoms with Crippen LogP contribution in [0.25, 0.3) is 0 Å². The van der Waals surface area contributed by atoms with Crippen molar-refractivity contribution in [1.29, 1.82) is 5.26 Å². The first-order valence-corrected chi connectivity index (χ1v) is 17.1. The molecule has 1 aliphatic rings. The summed E-state index contributed by atoms with van der Waals surface area (Å²) < 4.78 is 5.41. The van der Waals surface area contributed by atoms with Crippen molar-refractivity contribution in [3.8, 4) is 6.07 Å². The second-order valence-corrected chi connectivity index (χ2v) is 22.2.